The maximum Gasteiger partial charge on any atom is 0.317 e. The zero-order valence-corrected chi connectivity index (χ0v) is 12.4. The molecule has 0 spiro atoms. The molecule has 2 N–H and O–H groups in total. The summed E-state index contributed by atoms with van der Waals surface area (Å²) in [5, 5.41) is 13.0. The van der Waals surface area contributed by atoms with E-state index in [1.807, 2.05) is 0 Å². The Labute approximate surface area is 116 Å². The van der Waals surface area contributed by atoms with Crippen LogP contribution in [0.1, 0.15) is 46.0 Å². The van der Waals surface area contributed by atoms with Crippen LogP contribution < -0.4 is 5.32 Å². The molecule has 0 heterocycles. The molecule has 4 heteroatoms. The quantitative estimate of drug-likeness (QED) is 0.821. The summed E-state index contributed by atoms with van der Waals surface area (Å²) in [5.41, 5.74) is 0. The number of carbonyl (C=O) groups is 1. The highest BCUT2D eigenvalue weighted by Crippen LogP contribution is 2.33. The van der Waals surface area contributed by atoms with E-state index in [-0.39, 0.29) is 18.2 Å². The number of aliphatic hydroxyl groups excluding tert-OH is 1. The lowest BCUT2D eigenvalue weighted by Crippen LogP contribution is -2.49. The number of nitrogens with zero attached hydrogens (tertiary/aromatic N) is 1. The molecule has 2 amide bonds. The van der Waals surface area contributed by atoms with E-state index in [0.29, 0.717) is 24.3 Å². The van der Waals surface area contributed by atoms with Crippen LogP contribution in [0.25, 0.3) is 0 Å². The van der Waals surface area contributed by atoms with Gasteiger partial charge in [-0.15, -0.1) is 0 Å². The number of urea groups is 1. The second kappa shape index (κ2) is 6.12. The molecule has 19 heavy (non-hydrogen) atoms. The average molecular weight is 268 g/mol. The van der Waals surface area contributed by atoms with E-state index in [4.69, 9.17) is 0 Å². The number of hydrogen-bond donors (Lipinski definition) is 2. The first-order chi connectivity index (χ1) is 8.99. The van der Waals surface area contributed by atoms with Crippen LogP contribution >= 0.6 is 0 Å². The molecule has 2 aliphatic rings. The molecule has 0 aromatic rings. The minimum atomic E-state index is -0.349. The van der Waals surface area contributed by atoms with Crippen molar-refractivity contribution in [3.05, 3.63) is 0 Å². The molecule has 4 atom stereocenters. The molecule has 2 saturated carbocycles. The van der Waals surface area contributed by atoms with Crippen LogP contribution in [-0.2, 0) is 0 Å². The molecule has 110 valence electrons. The molecular formula is C15H28N2O2. The maximum absolute atomic E-state index is 12.1. The fraction of sp³-hybridized carbons (Fsp3) is 0.933. The van der Waals surface area contributed by atoms with Crippen LogP contribution in [0.2, 0.25) is 0 Å². The highest BCUT2D eigenvalue weighted by atomic mass is 16.3. The van der Waals surface area contributed by atoms with Gasteiger partial charge in [-0.1, -0.05) is 26.7 Å². The van der Waals surface area contributed by atoms with Gasteiger partial charge in [0.15, 0.2) is 0 Å². The number of aliphatic hydroxyl groups is 1. The van der Waals surface area contributed by atoms with Crippen LogP contribution in [0.3, 0.4) is 0 Å². The summed E-state index contributed by atoms with van der Waals surface area (Å²) in [5.74, 6) is 1.64. The fourth-order valence-electron chi connectivity index (χ4n) is 3.05. The lowest BCUT2D eigenvalue weighted by molar-refractivity contribution is 0.109. The summed E-state index contributed by atoms with van der Waals surface area (Å²) in [6.07, 6.45) is 5.41. The lowest BCUT2D eigenvalue weighted by atomic mass is 9.78. The minimum absolute atomic E-state index is 0.0364. The number of nitrogens with one attached hydrogen (secondary N) is 1. The van der Waals surface area contributed by atoms with Crippen molar-refractivity contribution >= 4 is 6.03 Å². The first-order valence-corrected chi connectivity index (χ1v) is 7.68. The van der Waals surface area contributed by atoms with Crippen molar-refractivity contribution in [1.82, 2.24) is 10.2 Å². The standard InChI is InChI=1S/C15H28N2O2/c1-10-5-4-6-13(11(10)2)16-15(19)17(3)9-14(18)12-7-8-12/h10-14,18H,4-9H2,1-3H3,(H,16,19). The average Bonchev–Trinajstić information content (AvgIpc) is 3.18. The largest absolute Gasteiger partial charge is 0.391 e. The van der Waals surface area contributed by atoms with Crippen molar-refractivity contribution in [1.29, 1.82) is 0 Å². The number of amides is 2. The van der Waals surface area contributed by atoms with E-state index in [1.54, 1.807) is 11.9 Å². The monoisotopic (exact) mass is 268 g/mol. The van der Waals surface area contributed by atoms with Crippen molar-refractivity contribution in [3.63, 3.8) is 0 Å². The van der Waals surface area contributed by atoms with Gasteiger partial charge in [0.25, 0.3) is 0 Å². The first-order valence-electron chi connectivity index (χ1n) is 7.68. The predicted molar refractivity (Wildman–Crippen MR) is 75.9 cm³/mol. The summed E-state index contributed by atoms with van der Waals surface area (Å²) in [7, 11) is 1.78. The smallest absolute Gasteiger partial charge is 0.317 e. The first kappa shape index (κ1) is 14.6. The number of carbonyl (C=O) groups excluding carboxylic acids is 1. The predicted octanol–water partition coefficient (Wildman–Crippen LogP) is 2.22. The van der Waals surface area contributed by atoms with Gasteiger partial charge in [-0.05, 0) is 37.0 Å². The van der Waals surface area contributed by atoms with Gasteiger partial charge in [-0.25, -0.2) is 4.79 Å². The highest BCUT2D eigenvalue weighted by molar-refractivity contribution is 5.74. The Bertz CT molecular complexity index is 317. The maximum atomic E-state index is 12.1. The Hall–Kier alpha value is -0.770. The minimum Gasteiger partial charge on any atom is -0.391 e. The summed E-state index contributed by atoms with van der Waals surface area (Å²) >= 11 is 0. The van der Waals surface area contributed by atoms with Crippen LogP contribution in [0, 0.1) is 17.8 Å². The fourth-order valence-corrected chi connectivity index (χ4v) is 3.05. The van der Waals surface area contributed by atoms with Gasteiger partial charge in [0, 0.05) is 19.6 Å². The second-order valence-electron chi connectivity index (χ2n) is 6.61. The molecule has 0 radical (unpaired) electrons. The van der Waals surface area contributed by atoms with Crippen LogP contribution in [0.15, 0.2) is 0 Å². The van der Waals surface area contributed by atoms with Gasteiger partial charge in [-0.3, -0.25) is 0 Å². The molecule has 4 nitrogen and oxygen atoms in total. The molecule has 0 aliphatic heterocycles. The molecule has 2 aliphatic carbocycles. The molecule has 0 bridgehead atoms. The van der Waals surface area contributed by atoms with Gasteiger partial charge in [-0.2, -0.15) is 0 Å². The zero-order valence-electron chi connectivity index (χ0n) is 12.4. The van der Waals surface area contributed by atoms with Gasteiger partial charge in [0.05, 0.1) is 6.10 Å². The molecular weight excluding hydrogens is 240 g/mol. The summed E-state index contributed by atoms with van der Waals surface area (Å²) in [6.45, 7) is 4.95. The Morgan fingerprint density at radius 1 is 1.32 bits per heavy atom. The van der Waals surface area contributed by atoms with Gasteiger partial charge in [0.1, 0.15) is 0 Å². The molecule has 2 fully saturated rings. The van der Waals surface area contributed by atoms with Crippen molar-refractivity contribution in [2.24, 2.45) is 17.8 Å². The normalized spacial score (nSPS) is 32.7. The van der Waals surface area contributed by atoms with Crippen molar-refractivity contribution < 1.29 is 9.90 Å². The van der Waals surface area contributed by atoms with E-state index >= 15 is 0 Å². The molecule has 4 unspecified atom stereocenters. The van der Waals surface area contributed by atoms with Crippen LogP contribution in [0.5, 0.6) is 0 Å². The zero-order chi connectivity index (χ0) is 14.0. The summed E-state index contributed by atoms with van der Waals surface area (Å²) in [6, 6.07) is 0.252. The van der Waals surface area contributed by atoms with Crippen LogP contribution in [-0.4, -0.2) is 41.8 Å². The second-order valence-corrected chi connectivity index (χ2v) is 6.61. The van der Waals surface area contributed by atoms with Crippen LogP contribution in [0.4, 0.5) is 4.79 Å². The van der Waals surface area contributed by atoms with Gasteiger partial charge in [0.2, 0.25) is 0 Å². The lowest BCUT2D eigenvalue weighted by Gasteiger charge is -2.35. The Morgan fingerprint density at radius 3 is 2.63 bits per heavy atom. The number of rotatable bonds is 4. The third-order valence-corrected chi connectivity index (χ3v) is 4.99. The van der Waals surface area contributed by atoms with Crippen molar-refractivity contribution in [2.45, 2.75) is 58.1 Å². The third-order valence-electron chi connectivity index (χ3n) is 4.99. The Kier molecular flexibility index (Phi) is 4.71. The Balaban J connectivity index is 1.78. The van der Waals surface area contributed by atoms with Gasteiger partial charge >= 0.3 is 6.03 Å². The summed E-state index contributed by atoms with van der Waals surface area (Å²) < 4.78 is 0. The van der Waals surface area contributed by atoms with E-state index in [1.165, 1.54) is 12.8 Å². The van der Waals surface area contributed by atoms with E-state index in [2.05, 4.69) is 19.2 Å². The topological polar surface area (TPSA) is 52.6 Å². The highest BCUT2D eigenvalue weighted by Gasteiger charge is 2.32. The third kappa shape index (κ3) is 3.85. The number of likely N-dealkylation sites (N-methyl/N-ethyl adjacent to an activating group) is 1. The number of hydrogen-bond acceptors (Lipinski definition) is 2. The van der Waals surface area contributed by atoms with Crippen molar-refractivity contribution in [3.8, 4) is 0 Å². The van der Waals surface area contributed by atoms with Crippen molar-refractivity contribution in [2.75, 3.05) is 13.6 Å². The molecule has 0 aromatic carbocycles. The molecule has 0 aromatic heterocycles. The van der Waals surface area contributed by atoms with E-state index < -0.39 is 0 Å². The molecule has 2 rings (SSSR count). The molecule has 0 saturated heterocycles. The summed E-state index contributed by atoms with van der Waals surface area (Å²) in [4.78, 5) is 13.8. The Morgan fingerprint density at radius 2 is 2.00 bits per heavy atom. The van der Waals surface area contributed by atoms with Gasteiger partial charge < -0.3 is 15.3 Å². The van der Waals surface area contributed by atoms with E-state index in [0.717, 1.165) is 19.3 Å². The SMILES string of the molecule is CC1CCCC(NC(=O)N(C)CC(O)C2CC2)C1C. The van der Waals surface area contributed by atoms with E-state index in [9.17, 15) is 9.90 Å².